The summed E-state index contributed by atoms with van der Waals surface area (Å²) in [6, 6.07) is 7.57. The van der Waals surface area contributed by atoms with Crippen LogP contribution in [0.25, 0.3) is 0 Å². The van der Waals surface area contributed by atoms with E-state index >= 15 is 0 Å². The Morgan fingerprint density at radius 3 is 2.32 bits per heavy atom. The number of hydrogen-bond donors (Lipinski definition) is 1. The van der Waals surface area contributed by atoms with Crippen LogP contribution in [-0.2, 0) is 9.84 Å². The lowest BCUT2D eigenvalue weighted by molar-refractivity contribution is 0.0995. The van der Waals surface area contributed by atoms with Gasteiger partial charge in [0.25, 0.3) is 5.91 Å². The Balaban J connectivity index is 2.21. The predicted octanol–water partition coefficient (Wildman–Crippen LogP) is 4.50. The van der Waals surface area contributed by atoms with Crippen molar-refractivity contribution < 1.29 is 22.0 Å². The second-order valence-corrected chi connectivity index (χ2v) is 8.63. The number of nitrogens with zero attached hydrogens (tertiary/aromatic N) is 1. The summed E-state index contributed by atoms with van der Waals surface area (Å²) in [5.41, 5.74) is 1.23. The normalized spacial score (nSPS) is 11.8. The molecular formula is C20H21FN2O4S. The van der Waals surface area contributed by atoms with Crippen LogP contribution in [0.15, 0.2) is 56.9 Å². The van der Waals surface area contributed by atoms with Crippen molar-refractivity contribution in [3.8, 4) is 0 Å². The van der Waals surface area contributed by atoms with Crippen LogP contribution in [-0.4, -0.2) is 18.9 Å². The van der Waals surface area contributed by atoms with Crippen LogP contribution >= 0.6 is 0 Å². The third-order valence-electron chi connectivity index (χ3n) is 4.59. The number of aromatic nitrogens is 1. The van der Waals surface area contributed by atoms with E-state index in [0.717, 1.165) is 12.1 Å². The number of amides is 1. The van der Waals surface area contributed by atoms with Gasteiger partial charge in [-0.1, -0.05) is 0 Å². The molecule has 0 aliphatic rings. The van der Waals surface area contributed by atoms with Crippen LogP contribution in [0.3, 0.4) is 0 Å². The summed E-state index contributed by atoms with van der Waals surface area (Å²) >= 11 is 0. The first kappa shape index (κ1) is 19.9. The first-order valence-electron chi connectivity index (χ1n) is 8.71. The van der Waals surface area contributed by atoms with E-state index in [4.69, 9.17) is 4.42 Å². The van der Waals surface area contributed by atoms with Gasteiger partial charge in [-0.15, -0.1) is 0 Å². The van der Waals surface area contributed by atoms with E-state index in [9.17, 15) is 17.6 Å². The van der Waals surface area contributed by atoms with Crippen molar-refractivity contribution in [1.82, 2.24) is 4.57 Å². The van der Waals surface area contributed by atoms with E-state index in [1.165, 1.54) is 24.5 Å². The van der Waals surface area contributed by atoms with Crippen molar-refractivity contribution in [2.75, 3.05) is 5.32 Å². The number of rotatable bonds is 5. The van der Waals surface area contributed by atoms with E-state index in [2.05, 4.69) is 5.32 Å². The third-order valence-corrected chi connectivity index (χ3v) is 6.52. The third kappa shape index (κ3) is 3.35. The summed E-state index contributed by atoms with van der Waals surface area (Å²) in [6.45, 7) is 7.27. The summed E-state index contributed by atoms with van der Waals surface area (Å²) in [4.78, 5) is 12.5. The Morgan fingerprint density at radius 2 is 1.79 bits per heavy atom. The number of sulfone groups is 1. The summed E-state index contributed by atoms with van der Waals surface area (Å²) < 4.78 is 46.8. The summed E-state index contributed by atoms with van der Waals surface area (Å²) in [6.07, 6.45) is 1.36. The highest BCUT2D eigenvalue weighted by atomic mass is 32.2. The second kappa shape index (κ2) is 7.27. The smallest absolute Gasteiger partial charge is 0.292 e. The van der Waals surface area contributed by atoms with Gasteiger partial charge in [-0.3, -0.25) is 4.79 Å². The number of furan rings is 1. The SMILES string of the molecule is Cc1c(S(=O)(=O)c2ccc(F)cc2)c(NC(=O)c2ccco2)n(C(C)C)c1C. The average Bonchev–Trinajstić information content (AvgIpc) is 3.23. The fraction of sp³-hybridized carbons (Fsp3) is 0.250. The molecule has 0 saturated heterocycles. The van der Waals surface area contributed by atoms with Crippen LogP contribution < -0.4 is 5.32 Å². The standard InChI is InChI=1S/C20H21FN2O4S/c1-12(2)23-14(4)13(3)18(19(23)22-20(24)17-6-5-11-27-17)28(25,26)16-9-7-15(21)8-10-16/h5-12H,1-4H3,(H,22,24). The molecule has 28 heavy (non-hydrogen) atoms. The Labute approximate surface area is 162 Å². The van der Waals surface area contributed by atoms with Crippen molar-refractivity contribution >= 4 is 21.6 Å². The van der Waals surface area contributed by atoms with Crippen LogP contribution in [0.5, 0.6) is 0 Å². The monoisotopic (exact) mass is 404 g/mol. The quantitative estimate of drug-likeness (QED) is 0.635. The molecule has 2 aromatic heterocycles. The molecule has 8 heteroatoms. The fourth-order valence-corrected chi connectivity index (χ4v) is 4.88. The Bertz CT molecular complexity index is 1110. The van der Waals surface area contributed by atoms with Gasteiger partial charge in [-0.05, 0) is 69.7 Å². The molecule has 0 saturated carbocycles. The minimum absolute atomic E-state index is 0.00906. The number of carbonyl (C=O) groups excluding carboxylic acids is 1. The van der Waals surface area contributed by atoms with Crippen molar-refractivity contribution in [3.63, 3.8) is 0 Å². The minimum Gasteiger partial charge on any atom is -0.459 e. The summed E-state index contributed by atoms with van der Waals surface area (Å²) in [5.74, 6) is -0.856. The molecule has 0 aliphatic heterocycles. The van der Waals surface area contributed by atoms with Crippen molar-refractivity contribution in [1.29, 1.82) is 0 Å². The van der Waals surface area contributed by atoms with Gasteiger partial charge in [0.15, 0.2) is 5.76 Å². The number of nitrogens with one attached hydrogen (secondary N) is 1. The molecule has 0 bridgehead atoms. The lowest BCUT2D eigenvalue weighted by Gasteiger charge is -2.17. The Morgan fingerprint density at radius 1 is 1.14 bits per heavy atom. The fourth-order valence-electron chi connectivity index (χ4n) is 3.20. The molecule has 6 nitrogen and oxygen atoms in total. The molecule has 0 unspecified atom stereocenters. The lowest BCUT2D eigenvalue weighted by Crippen LogP contribution is -2.18. The Hall–Kier alpha value is -2.87. The molecular weight excluding hydrogens is 383 g/mol. The number of hydrogen-bond acceptors (Lipinski definition) is 4. The topological polar surface area (TPSA) is 81.3 Å². The van der Waals surface area contributed by atoms with Crippen LogP contribution in [0.1, 0.15) is 41.7 Å². The minimum atomic E-state index is -4.00. The van der Waals surface area contributed by atoms with Gasteiger partial charge in [0.2, 0.25) is 9.84 Å². The highest BCUT2D eigenvalue weighted by Gasteiger charge is 2.31. The second-order valence-electron chi connectivity index (χ2n) is 6.74. The largest absolute Gasteiger partial charge is 0.459 e. The van der Waals surface area contributed by atoms with Crippen molar-refractivity contribution in [3.05, 3.63) is 65.5 Å². The highest BCUT2D eigenvalue weighted by molar-refractivity contribution is 7.91. The molecule has 0 fully saturated rings. The Kier molecular flexibility index (Phi) is 5.16. The van der Waals surface area contributed by atoms with E-state index in [0.29, 0.717) is 11.3 Å². The van der Waals surface area contributed by atoms with Crippen LogP contribution in [0.4, 0.5) is 10.2 Å². The molecule has 2 heterocycles. The number of benzene rings is 1. The van der Waals surface area contributed by atoms with E-state index in [-0.39, 0.29) is 27.4 Å². The van der Waals surface area contributed by atoms with Gasteiger partial charge in [0, 0.05) is 11.7 Å². The molecule has 3 aromatic rings. The van der Waals surface area contributed by atoms with Crippen molar-refractivity contribution in [2.24, 2.45) is 0 Å². The van der Waals surface area contributed by atoms with E-state index in [1.54, 1.807) is 24.5 Å². The summed E-state index contributed by atoms with van der Waals surface area (Å²) in [5, 5.41) is 2.69. The maximum absolute atomic E-state index is 13.3. The van der Waals surface area contributed by atoms with Gasteiger partial charge in [0.1, 0.15) is 16.5 Å². The lowest BCUT2D eigenvalue weighted by atomic mass is 10.3. The molecule has 1 aromatic carbocycles. The average molecular weight is 404 g/mol. The van der Waals surface area contributed by atoms with Crippen LogP contribution in [0, 0.1) is 19.7 Å². The molecule has 148 valence electrons. The number of anilines is 1. The number of carbonyl (C=O) groups is 1. The molecule has 1 N–H and O–H groups in total. The maximum Gasteiger partial charge on any atom is 0.292 e. The zero-order valence-corrected chi connectivity index (χ0v) is 16.8. The zero-order valence-electron chi connectivity index (χ0n) is 16.0. The molecule has 0 radical (unpaired) electrons. The molecule has 1 amide bonds. The maximum atomic E-state index is 13.3. The van der Waals surface area contributed by atoms with Crippen LogP contribution in [0.2, 0.25) is 0 Å². The predicted molar refractivity (Wildman–Crippen MR) is 103 cm³/mol. The van der Waals surface area contributed by atoms with Gasteiger partial charge in [0.05, 0.1) is 11.2 Å². The van der Waals surface area contributed by atoms with Crippen molar-refractivity contribution in [2.45, 2.75) is 43.5 Å². The van der Waals surface area contributed by atoms with Gasteiger partial charge in [-0.2, -0.15) is 0 Å². The number of halogens is 1. The van der Waals surface area contributed by atoms with Gasteiger partial charge < -0.3 is 14.3 Å². The summed E-state index contributed by atoms with van der Waals surface area (Å²) in [7, 11) is -4.00. The van der Waals surface area contributed by atoms with E-state index in [1.807, 2.05) is 13.8 Å². The first-order valence-corrected chi connectivity index (χ1v) is 10.2. The molecule has 0 atom stereocenters. The van der Waals surface area contributed by atoms with Gasteiger partial charge in [-0.25, -0.2) is 12.8 Å². The highest BCUT2D eigenvalue weighted by Crippen LogP contribution is 2.37. The van der Waals surface area contributed by atoms with E-state index < -0.39 is 21.6 Å². The molecule has 0 aliphatic carbocycles. The molecule has 3 rings (SSSR count). The van der Waals surface area contributed by atoms with Gasteiger partial charge >= 0.3 is 0 Å². The first-order chi connectivity index (χ1) is 13.1. The zero-order chi connectivity index (χ0) is 20.6. The molecule has 0 spiro atoms.